The van der Waals surface area contributed by atoms with E-state index in [1.54, 1.807) is 0 Å². The number of ether oxygens (including phenoxy) is 1. The van der Waals surface area contributed by atoms with E-state index >= 15 is 0 Å². The summed E-state index contributed by atoms with van der Waals surface area (Å²) in [7, 11) is 0. The van der Waals surface area contributed by atoms with E-state index in [4.69, 9.17) is 15.6 Å². The van der Waals surface area contributed by atoms with E-state index in [9.17, 15) is 0 Å². The zero-order valence-electron chi connectivity index (χ0n) is 8.07. The van der Waals surface area contributed by atoms with Gasteiger partial charge >= 0.3 is 0 Å². The highest BCUT2D eigenvalue weighted by molar-refractivity contribution is 5.45. The third kappa shape index (κ3) is 1.61. The van der Waals surface area contributed by atoms with Crippen LogP contribution in [0.5, 0.6) is 5.75 Å². The minimum Gasteiger partial charge on any atom is -0.493 e. The van der Waals surface area contributed by atoms with Gasteiger partial charge in [-0.3, -0.25) is 0 Å². The Balaban J connectivity index is 2.29. The van der Waals surface area contributed by atoms with Crippen LogP contribution < -0.4 is 10.5 Å². The smallest absolute Gasteiger partial charge is 0.127 e. The lowest BCUT2D eigenvalue weighted by atomic mass is 10.0. The monoisotopic (exact) mass is 193 g/mol. The van der Waals surface area contributed by atoms with Gasteiger partial charge in [-0.05, 0) is 12.0 Å². The molecule has 0 saturated heterocycles. The van der Waals surface area contributed by atoms with Crippen molar-refractivity contribution in [3.05, 3.63) is 29.3 Å². The number of benzene rings is 1. The predicted molar refractivity (Wildman–Crippen MR) is 54.3 cm³/mol. The summed E-state index contributed by atoms with van der Waals surface area (Å²) in [6, 6.07) is 5.93. The molecule has 0 aliphatic carbocycles. The lowest BCUT2D eigenvalue weighted by Gasteiger charge is -2.14. The molecule has 1 aromatic carbocycles. The zero-order chi connectivity index (χ0) is 9.97. The van der Waals surface area contributed by atoms with Crippen molar-refractivity contribution < 1.29 is 9.84 Å². The third-order valence-electron chi connectivity index (χ3n) is 2.58. The fraction of sp³-hybridized carbons (Fsp3) is 0.455. The van der Waals surface area contributed by atoms with Crippen LogP contribution in [0.2, 0.25) is 0 Å². The van der Waals surface area contributed by atoms with Crippen molar-refractivity contribution in [3.63, 3.8) is 0 Å². The van der Waals surface area contributed by atoms with Crippen molar-refractivity contribution in [1.29, 1.82) is 0 Å². The molecule has 0 bridgehead atoms. The van der Waals surface area contributed by atoms with Gasteiger partial charge in [0.05, 0.1) is 6.61 Å². The number of aliphatic hydroxyl groups excluding tert-OH is 1. The molecule has 0 aromatic heterocycles. The van der Waals surface area contributed by atoms with Gasteiger partial charge in [-0.15, -0.1) is 0 Å². The largest absolute Gasteiger partial charge is 0.493 e. The van der Waals surface area contributed by atoms with Crippen LogP contribution in [0.1, 0.15) is 23.6 Å². The summed E-state index contributed by atoms with van der Waals surface area (Å²) < 4.78 is 5.54. The first-order chi connectivity index (χ1) is 6.83. The molecule has 3 N–H and O–H groups in total. The Hall–Kier alpha value is -1.06. The van der Waals surface area contributed by atoms with Gasteiger partial charge in [0.2, 0.25) is 0 Å². The maximum atomic E-state index is 8.83. The van der Waals surface area contributed by atoms with E-state index < -0.39 is 0 Å². The molecule has 0 amide bonds. The highest BCUT2D eigenvalue weighted by Gasteiger charge is 2.19. The molecule has 1 aliphatic heterocycles. The van der Waals surface area contributed by atoms with Crippen molar-refractivity contribution in [2.24, 2.45) is 5.73 Å². The number of hydrogen-bond acceptors (Lipinski definition) is 3. The van der Waals surface area contributed by atoms with E-state index in [-0.39, 0.29) is 12.6 Å². The second kappa shape index (κ2) is 3.98. The summed E-state index contributed by atoms with van der Waals surface area (Å²) in [5.74, 6) is 0.938. The first-order valence-electron chi connectivity index (χ1n) is 4.94. The van der Waals surface area contributed by atoms with Gasteiger partial charge < -0.3 is 15.6 Å². The summed E-state index contributed by atoms with van der Waals surface area (Å²) in [5.41, 5.74) is 8.19. The van der Waals surface area contributed by atoms with Crippen molar-refractivity contribution in [1.82, 2.24) is 0 Å². The summed E-state index contributed by atoms with van der Waals surface area (Å²) in [6.45, 7) is 0.864. The fourth-order valence-corrected chi connectivity index (χ4v) is 1.83. The number of nitrogens with two attached hydrogens (primary N) is 1. The van der Waals surface area contributed by atoms with Crippen LogP contribution in [-0.2, 0) is 6.42 Å². The van der Waals surface area contributed by atoms with Gasteiger partial charge in [0.15, 0.2) is 0 Å². The lowest BCUT2D eigenvalue weighted by Crippen LogP contribution is -2.12. The quantitative estimate of drug-likeness (QED) is 0.753. The Morgan fingerprint density at radius 2 is 2.36 bits per heavy atom. The molecular formula is C11H15NO2. The molecular weight excluding hydrogens is 178 g/mol. The van der Waals surface area contributed by atoms with Crippen LogP contribution in [0.4, 0.5) is 0 Å². The average Bonchev–Trinajstić information content (AvgIpc) is 2.65. The first-order valence-corrected chi connectivity index (χ1v) is 4.94. The number of hydrogen-bond donors (Lipinski definition) is 2. The highest BCUT2D eigenvalue weighted by Crippen LogP contribution is 2.33. The Labute approximate surface area is 83.5 Å². The van der Waals surface area contributed by atoms with Crippen molar-refractivity contribution in [3.8, 4) is 5.75 Å². The first kappa shape index (κ1) is 9.49. The standard InChI is InChI=1S/C11H15NO2/c12-10(4-6-13)9-3-1-2-8-5-7-14-11(8)9/h1-3,10,13H,4-7,12H2. The molecule has 0 fully saturated rings. The summed E-state index contributed by atoms with van der Waals surface area (Å²) in [4.78, 5) is 0. The Morgan fingerprint density at radius 1 is 1.50 bits per heavy atom. The fourth-order valence-electron chi connectivity index (χ4n) is 1.83. The Bertz CT molecular complexity index is 325. The lowest BCUT2D eigenvalue weighted by molar-refractivity contribution is 0.274. The van der Waals surface area contributed by atoms with Gasteiger partial charge in [-0.25, -0.2) is 0 Å². The minimum absolute atomic E-state index is 0.116. The van der Waals surface area contributed by atoms with E-state index in [1.165, 1.54) is 5.56 Å². The van der Waals surface area contributed by atoms with Gasteiger partial charge in [-0.1, -0.05) is 18.2 Å². The van der Waals surface area contributed by atoms with Crippen molar-refractivity contribution in [2.45, 2.75) is 18.9 Å². The Morgan fingerprint density at radius 3 is 3.14 bits per heavy atom. The van der Waals surface area contributed by atoms with E-state index in [1.807, 2.05) is 12.1 Å². The van der Waals surface area contributed by atoms with E-state index in [0.717, 1.165) is 24.3 Å². The molecule has 76 valence electrons. The van der Waals surface area contributed by atoms with Crippen molar-refractivity contribution >= 4 is 0 Å². The summed E-state index contributed by atoms with van der Waals surface area (Å²) in [6.07, 6.45) is 1.55. The molecule has 1 heterocycles. The average molecular weight is 193 g/mol. The number of aliphatic hydroxyl groups is 1. The summed E-state index contributed by atoms with van der Waals surface area (Å²) >= 11 is 0. The van der Waals surface area contributed by atoms with Crippen LogP contribution in [0, 0.1) is 0 Å². The topological polar surface area (TPSA) is 55.5 Å². The normalized spacial score (nSPS) is 16.1. The SMILES string of the molecule is NC(CCO)c1cccc2c1OCC2. The molecule has 1 aliphatic rings. The van der Waals surface area contributed by atoms with Gasteiger partial charge in [-0.2, -0.15) is 0 Å². The molecule has 1 unspecified atom stereocenters. The molecule has 0 saturated carbocycles. The number of rotatable bonds is 3. The molecule has 0 radical (unpaired) electrons. The van der Waals surface area contributed by atoms with Gasteiger partial charge in [0, 0.05) is 24.6 Å². The third-order valence-corrected chi connectivity index (χ3v) is 2.58. The molecule has 14 heavy (non-hydrogen) atoms. The number of para-hydroxylation sites is 1. The van der Waals surface area contributed by atoms with Gasteiger partial charge in [0.25, 0.3) is 0 Å². The Kier molecular flexibility index (Phi) is 2.70. The predicted octanol–water partition coefficient (Wildman–Crippen LogP) is 1.00. The van der Waals surface area contributed by atoms with E-state index in [0.29, 0.717) is 6.42 Å². The van der Waals surface area contributed by atoms with Crippen LogP contribution in [-0.4, -0.2) is 18.3 Å². The summed E-state index contributed by atoms with van der Waals surface area (Å²) in [5, 5.41) is 8.83. The molecule has 2 rings (SSSR count). The second-order valence-corrected chi connectivity index (χ2v) is 3.55. The molecule has 3 heteroatoms. The number of fused-ring (bicyclic) bond motifs is 1. The minimum atomic E-state index is -0.118. The van der Waals surface area contributed by atoms with Crippen LogP contribution >= 0.6 is 0 Å². The van der Waals surface area contributed by atoms with Crippen molar-refractivity contribution in [2.75, 3.05) is 13.2 Å². The van der Waals surface area contributed by atoms with Gasteiger partial charge in [0.1, 0.15) is 5.75 Å². The van der Waals surface area contributed by atoms with E-state index in [2.05, 4.69) is 6.07 Å². The van der Waals surface area contributed by atoms with Crippen LogP contribution in [0.25, 0.3) is 0 Å². The zero-order valence-corrected chi connectivity index (χ0v) is 8.07. The molecule has 3 nitrogen and oxygen atoms in total. The second-order valence-electron chi connectivity index (χ2n) is 3.55. The molecule has 1 atom stereocenters. The van der Waals surface area contributed by atoms with Crippen LogP contribution in [0.3, 0.4) is 0 Å². The molecule has 0 spiro atoms. The maximum absolute atomic E-state index is 8.83. The highest BCUT2D eigenvalue weighted by atomic mass is 16.5. The molecule has 1 aromatic rings. The van der Waals surface area contributed by atoms with Crippen LogP contribution in [0.15, 0.2) is 18.2 Å². The maximum Gasteiger partial charge on any atom is 0.127 e.